The van der Waals surface area contributed by atoms with Crippen molar-refractivity contribution < 1.29 is 19.0 Å². The van der Waals surface area contributed by atoms with Crippen LogP contribution in [0.4, 0.5) is 5.13 Å². The number of carbonyl (C=O) groups is 1. The fourth-order valence-corrected chi connectivity index (χ4v) is 4.50. The number of hydrogen-bond donors (Lipinski definition) is 0. The number of unbranched alkanes of at least 4 members (excludes halogenated alkanes) is 1. The summed E-state index contributed by atoms with van der Waals surface area (Å²) in [6, 6.07) is 11.0. The van der Waals surface area contributed by atoms with Gasteiger partial charge in [-0.3, -0.25) is 9.69 Å². The number of fused-ring (bicyclic) bond motifs is 1. The number of nitrogens with zero attached hydrogens (tertiary/aromatic N) is 3. The number of rotatable bonds is 12. The number of hydrogen-bond acceptors (Lipinski definition) is 7. The van der Waals surface area contributed by atoms with Crippen LogP contribution in [0.15, 0.2) is 36.4 Å². The molecule has 0 bridgehead atoms. The van der Waals surface area contributed by atoms with Crippen LogP contribution in [0, 0.1) is 0 Å². The first-order valence-corrected chi connectivity index (χ1v) is 12.0. The van der Waals surface area contributed by atoms with Crippen LogP contribution in [0.25, 0.3) is 10.2 Å². The molecule has 0 saturated carbocycles. The van der Waals surface area contributed by atoms with Crippen molar-refractivity contribution >= 4 is 32.6 Å². The minimum Gasteiger partial charge on any atom is -0.495 e. The highest BCUT2D eigenvalue weighted by Gasteiger charge is 2.23. The predicted octanol–water partition coefficient (Wildman–Crippen LogP) is 5.09. The zero-order valence-corrected chi connectivity index (χ0v) is 20.9. The van der Waals surface area contributed by atoms with Crippen LogP contribution in [0.5, 0.6) is 17.2 Å². The molecule has 0 aliphatic heterocycles. The molecule has 0 aliphatic rings. The summed E-state index contributed by atoms with van der Waals surface area (Å²) < 4.78 is 17.6. The van der Waals surface area contributed by atoms with E-state index in [1.807, 2.05) is 50.5 Å². The lowest BCUT2D eigenvalue weighted by atomic mass is 10.2. The van der Waals surface area contributed by atoms with Gasteiger partial charge in [0.15, 0.2) is 5.13 Å². The van der Waals surface area contributed by atoms with Crippen molar-refractivity contribution in [3.8, 4) is 17.2 Å². The molecule has 8 heteroatoms. The molecule has 33 heavy (non-hydrogen) atoms. The Morgan fingerprint density at radius 1 is 0.970 bits per heavy atom. The van der Waals surface area contributed by atoms with Gasteiger partial charge >= 0.3 is 0 Å². The van der Waals surface area contributed by atoms with E-state index in [2.05, 4.69) is 11.8 Å². The first-order valence-electron chi connectivity index (χ1n) is 11.2. The lowest BCUT2D eigenvalue weighted by Crippen LogP contribution is -2.33. The molecule has 1 amide bonds. The van der Waals surface area contributed by atoms with Crippen molar-refractivity contribution in [2.75, 3.05) is 52.9 Å². The Kier molecular flexibility index (Phi) is 8.91. The van der Waals surface area contributed by atoms with Crippen molar-refractivity contribution in [2.24, 2.45) is 0 Å². The monoisotopic (exact) mass is 471 g/mol. The molecule has 0 spiro atoms. The molecule has 178 valence electrons. The summed E-state index contributed by atoms with van der Waals surface area (Å²) >= 11 is 1.44. The van der Waals surface area contributed by atoms with Crippen LogP contribution in [0.1, 0.15) is 36.5 Å². The molecule has 0 N–H and O–H groups in total. The molecule has 3 rings (SSSR count). The average Bonchev–Trinajstić information content (AvgIpc) is 3.26. The fraction of sp³-hybridized carbons (Fsp3) is 0.440. The molecule has 0 aliphatic carbocycles. The number of methoxy groups -OCH3 is 2. The van der Waals surface area contributed by atoms with E-state index in [4.69, 9.17) is 19.2 Å². The fourth-order valence-electron chi connectivity index (χ4n) is 3.40. The minimum atomic E-state index is -0.0918. The SMILES string of the molecule is CCCCOc1ccc(C(=O)N(CCCN(C)C)c2nc3c(OC)ccc(OC)c3s2)cc1. The molecular weight excluding hydrogens is 438 g/mol. The van der Waals surface area contributed by atoms with E-state index in [1.54, 1.807) is 19.1 Å². The average molecular weight is 472 g/mol. The number of ether oxygens (including phenoxy) is 3. The van der Waals surface area contributed by atoms with Crippen LogP contribution in [-0.4, -0.2) is 63.8 Å². The second-order valence-electron chi connectivity index (χ2n) is 7.98. The van der Waals surface area contributed by atoms with Gasteiger partial charge in [-0.25, -0.2) is 4.98 Å². The van der Waals surface area contributed by atoms with Crippen molar-refractivity contribution in [3.63, 3.8) is 0 Å². The van der Waals surface area contributed by atoms with E-state index in [9.17, 15) is 4.79 Å². The number of carbonyl (C=O) groups excluding carboxylic acids is 1. The van der Waals surface area contributed by atoms with Gasteiger partial charge in [0.2, 0.25) is 0 Å². The Morgan fingerprint density at radius 3 is 2.30 bits per heavy atom. The Bertz CT molecular complexity index is 1010. The largest absolute Gasteiger partial charge is 0.495 e. The summed E-state index contributed by atoms with van der Waals surface area (Å²) in [5.74, 6) is 2.05. The Labute approximate surface area is 199 Å². The molecule has 0 unspecified atom stereocenters. The van der Waals surface area contributed by atoms with Gasteiger partial charge in [0, 0.05) is 12.1 Å². The number of amides is 1. The van der Waals surface area contributed by atoms with E-state index in [1.165, 1.54) is 11.3 Å². The maximum Gasteiger partial charge on any atom is 0.260 e. The van der Waals surface area contributed by atoms with Crippen LogP contribution in [0.2, 0.25) is 0 Å². The van der Waals surface area contributed by atoms with Gasteiger partial charge in [0.25, 0.3) is 5.91 Å². The molecule has 2 aromatic carbocycles. The number of thiazole rings is 1. The van der Waals surface area contributed by atoms with E-state index in [0.717, 1.165) is 36.3 Å². The van der Waals surface area contributed by atoms with Crippen LogP contribution < -0.4 is 19.1 Å². The van der Waals surface area contributed by atoms with Gasteiger partial charge in [0.05, 0.1) is 20.8 Å². The second-order valence-corrected chi connectivity index (χ2v) is 8.96. The summed E-state index contributed by atoms with van der Waals surface area (Å²) in [6.07, 6.45) is 2.90. The van der Waals surface area contributed by atoms with Crippen molar-refractivity contribution in [2.45, 2.75) is 26.2 Å². The third-order valence-electron chi connectivity index (χ3n) is 5.23. The molecule has 7 nitrogen and oxygen atoms in total. The van der Waals surface area contributed by atoms with Gasteiger partial charge < -0.3 is 19.1 Å². The smallest absolute Gasteiger partial charge is 0.260 e. The normalized spacial score (nSPS) is 11.1. The summed E-state index contributed by atoms with van der Waals surface area (Å²) in [5, 5.41) is 0.625. The molecule has 0 radical (unpaired) electrons. The maximum atomic E-state index is 13.6. The molecule has 0 saturated heterocycles. The lowest BCUT2D eigenvalue weighted by molar-refractivity contribution is 0.0986. The summed E-state index contributed by atoms with van der Waals surface area (Å²) in [4.78, 5) is 22.2. The maximum absolute atomic E-state index is 13.6. The van der Waals surface area contributed by atoms with Crippen LogP contribution >= 0.6 is 11.3 Å². The van der Waals surface area contributed by atoms with Crippen LogP contribution in [0.3, 0.4) is 0 Å². The van der Waals surface area contributed by atoms with Crippen molar-refractivity contribution in [1.82, 2.24) is 9.88 Å². The second kappa shape index (κ2) is 11.9. The highest BCUT2D eigenvalue weighted by atomic mass is 32.1. The van der Waals surface area contributed by atoms with E-state index in [-0.39, 0.29) is 5.91 Å². The standard InChI is InChI=1S/C25H33N3O4S/c1-6-7-17-32-19-11-9-18(10-12-19)24(29)28(16-8-15-27(2)3)25-26-22-20(30-4)13-14-21(31-5)23(22)33-25/h9-14H,6-8,15-17H2,1-5H3. The Morgan fingerprint density at radius 2 is 1.67 bits per heavy atom. The van der Waals surface area contributed by atoms with Gasteiger partial charge in [-0.1, -0.05) is 24.7 Å². The number of benzene rings is 2. The molecule has 1 heterocycles. The lowest BCUT2D eigenvalue weighted by Gasteiger charge is -2.21. The topological polar surface area (TPSA) is 64.1 Å². The first-order chi connectivity index (χ1) is 16.0. The van der Waals surface area contributed by atoms with E-state index < -0.39 is 0 Å². The quantitative estimate of drug-likeness (QED) is 0.343. The molecule has 3 aromatic rings. The van der Waals surface area contributed by atoms with Gasteiger partial charge in [-0.05, 0) is 69.9 Å². The Hall–Kier alpha value is -2.84. The summed E-state index contributed by atoms with van der Waals surface area (Å²) in [6.45, 7) is 4.22. The molecule has 1 aromatic heterocycles. The van der Waals surface area contributed by atoms with E-state index in [0.29, 0.717) is 40.9 Å². The predicted molar refractivity (Wildman–Crippen MR) is 134 cm³/mol. The van der Waals surface area contributed by atoms with Gasteiger partial charge in [-0.15, -0.1) is 0 Å². The van der Waals surface area contributed by atoms with Crippen molar-refractivity contribution in [3.05, 3.63) is 42.0 Å². The molecule has 0 fully saturated rings. The van der Waals surface area contributed by atoms with Crippen molar-refractivity contribution in [1.29, 1.82) is 0 Å². The molecule has 0 atom stereocenters. The number of aromatic nitrogens is 1. The van der Waals surface area contributed by atoms with Gasteiger partial charge in [0.1, 0.15) is 27.5 Å². The third-order valence-corrected chi connectivity index (χ3v) is 6.32. The minimum absolute atomic E-state index is 0.0918. The number of anilines is 1. The summed E-state index contributed by atoms with van der Waals surface area (Å²) in [7, 11) is 7.29. The third kappa shape index (κ3) is 6.15. The van der Waals surface area contributed by atoms with E-state index >= 15 is 0 Å². The molecular formula is C25H33N3O4S. The van der Waals surface area contributed by atoms with Gasteiger partial charge in [-0.2, -0.15) is 0 Å². The zero-order chi connectivity index (χ0) is 23.8. The first kappa shape index (κ1) is 24.8. The highest BCUT2D eigenvalue weighted by Crippen LogP contribution is 2.40. The zero-order valence-electron chi connectivity index (χ0n) is 20.1. The Balaban J connectivity index is 1.92. The van der Waals surface area contributed by atoms with Crippen LogP contribution in [-0.2, 0) is 0 Å². The highest BCUT2D eigenvalue weighted by molar-refractivity contribution is 7.22. The summed E-state index contributed by atoms with van der Waals surface area (Å²) in [5.41, 5.74) is 1.29.